The molecule has 1 N–H and O–H groups in total. The van der Waals surface area contributed by atoms with Crippen LogP contribution in [0.15, 0.2) is 23.6 Å². The van der Waals surface area contributed by atoms with E-state index in [0.29, 0.717) is 0 Å². The van der Waals surface area contributed by atoms with Gasteiger partial charge in [-0.15, -0.1) is 11.3 Å². The predicted molar refractivity (Wildman–Crippen MR) is 78.3 cm³/mol. The Kier molecular flexibility index (Phi) is 4.15. The fourth-order valence-corrected chi connectivity index (χ4v) is 3.08. The maximum atomic E-state index is 4.46. The number of aromatic nitrogens is 1. The molecule has 0 bridgehead atoms. The van der Waals surface area contributed by atoms with Gasteiger partial charge in [-0.2, -0.15) is 0 Å². The second-order valence-corrected chi connectivity index (χ2v) is 5.73. The number of nitrogens with zero attached hydrogens (tertiary/aromatic N) is 1. The third-order valence-electron chi connectivity index (χ3n) is 3.06. The first-order valence-electron chi connectivity index (χ1n) is 6.34. The van der Waals surface area contributed by atoms with E-state index in [9.17, 15) is 0 Å². The normalized spacial score (nSPS) is 12.7. The van der Waals surface area contributed by atoms with Crippen molar-refractivity contribution in [1.82, 2.24) is 10.3 Å². The topological polar surface area (TPSA) is 24.9 Å². The van der Waals surface area contributed by atoms with Gasteiger partial charge in [-0.25, -0.2) is 0 Å². The van der Waals surface area contributed by atoms with Crippen LogP contribution in [0.1, 0.15) is 40.4 Å². The molecule has 18 heavy (non-hydrogen) atoms. The molecule has 0 aliphatic heterocycles. The molecule has 0 amide bonds. The molecule has 2 aromatic heterocycles. The number of pyridine rings is 1. The Morgan fingerprint density at radius 1 is 1.22 bits per heavy atom. The summed E-state index contributed by atoms with van der Waals surface area (Å²) in [7, 11) is 0. The Labute approximate surface area is 113 Å². The number of thiophene rings is 1. The zero-order valence-electron chi connectivity index (χ0n) is 11.4. The summed E-state index contributed by atoms with van der Waals surface area (Å²) in [6, 6.07) is 6.86. The summed E-state index contributed by atoms with van der Waals surface area (Å²) in [6.07, 6.45) is 0. The van der Waals surface area contributed by atoms with E-state index < -0.39 is 0 Å². The van der Waals surface area contributed by atoms with Crippen LogP contribution in [0.25, 0.3) is 0 Å². The molecule has 1 atom stereocenters. The Bertz CT molecular complexity index is 511. The highest BCUT2D eigenvalue weighted by Gasteiger charge is 2.16. The molecule has 0 aromatic carbocycles. The maximum Gasteiger partial charge on any atom is 0.0588 e. The summed E-state index contributed by atoms with van der Waals surface area (Å²) in [6.45, 7) is 9.40. The fraction of sp³-hybridized carbons (Fsp3) is 0.400. The summed E-state index contributed by atoms with van der Waals surface area (Å²) in [5.74, 6) is 0. The predicted octanol–water partition coefficient (Wildman–Crippen LogP) is 3.77. The molecule has 1 unspecified atom stereocenters. The molecule has 0 fully saturated rings. The molecular weight excluding hydrogens is 240 g/mol. The quantitative estimate of drug-likeness (QED) is 0.905. The minimum atomic E-state index is 0.279. The van der Waals surface area contributed by atoms with E-state index in [2.05, 4.69) is 61.6 Å². The van der Waals surface area contributed by atoms with E-state index in [4.69, 9.17) is 0 Å². The van der Waals surface area contributed by atoms with Gasteiger partial charge in [0.1, 0.15) is 0 Å². The lowest BCUT2D eigenvalue weighted by molar-refractivity contribution is 0.628. The van der Waals surface area contributed by atoms with Crippen LogP contribution < -0.4 is 5.32 Å². The molecule has 2 rings (SSSR count). The van der Waals surface area contributed by atoms with Gasteiger partial charge in [0.2, 0.25) is 0 Å². The lowest BCUT2D eigenvalue weighted by atomic mass is 9.99. The first-order chi connectivity index (χ1) is 8.61. The summed E-state index contributed by atoms with van der Waals surface area (Å²) < 4.78 is 0. The summed E-state index contributed by atoms with van der Waals surface area (Å²) in [4.78, 5) is 5.84. The van der Waals surface area contributed by atoms with Crippen molar-refractivity contribution in [3.8, 4) is 0 Å². The molecule has 3 heteroatoms. The minimum absolute atomic E-state index is 0.279. The van der Waals surface area contributed by atoms with E-state index in [1.54, 1.807) is 11.3 Å². The Morgan fingerprint density at radius 3 is 2.39 bits per heavy atom. The van der Waals surface area contributed by atoms with Crippen molar-refractivity contribution in [2.75, 3.05) is 6.54 Å². The highest BCUT2D eigenvalue weighted by molar-refractivity contribution is 7.10. The number of hydrogen-bond acceptors (Lipinski definition) is 3. The average molecular weight is 260 g/mol. The van der Waals surface area contributed by atoms with E-state index in [0.717, 1.165) is 17.9 Å². The van der Waals surface area contributed by atoms with Crippen LogP contribution in [0.4, 0.5) is 0 Å². The molecular formula is C15H20N2S. The second-order valence-electron chi connectivity index (χ2n) is 4.61. The highest BCUT2D eigenvalue weighted by atomic mass is 32.1. The Hall–Kier alpha value is -1.19. The fourth-order valence-electron chi connectivity index (χ4n) is 2.34. The molecule has 0 saturated heterocycles. The average Bonchev–Trinajstić information content (AvgIpc) is 2.71. The maximum absolute atomic E-state index is 4.46. The number of rotatable bonds is 4. The van der Waals surface area contributed by atoms with E-state index in [-0.39, 0.29) is 6.04 Å². The van der Waals surface area contributed by atoms with Gasteiger partial charge in [-0.05, 0) is 62.0 Å². The molecule has 2 nitrogen and oxygen atoms in total. The number of nitrogens with one attached hydrogen (secondary N) is 1. The van der Waals surface area contributed by atoms with Crippen molar-refractivity contribution in [1.29, 1.82) is 0 Å². The van der Waals surface area contributed by atoms with Crippen molar-refractivity contribution < 1.29 is 0 Å². The molecule has 0 saturated carbocycles. The Balaban J connectivity index is 2.44. The molecule has 2 heterocycles. The lowest BCUT2D eigenvalue weighted by Crippen LogP contribution is -2.22. The van der Waals surface area contributed by atoms with E-state index >= 15 is 0 Å². The van der Waals surface area contributed by atoms with E-state index in [1.807, 2.05) is 0 Å². The van der Waals surface area contributed by atoms with Crippen LogP contribution >= 0.6 is 11.3 Å². The van der Waals surface area contributed by atoms with Crippen LogP contribution in [-0.4, -0.2) is 11.5 Å². The molecule has 0 spiro atoms. The first-order valence-corrected chi connectivity index (χ1v) is 7.22. The summed E-state index contributed by atoms with van der Waals surface area (Å²) in [5, 5.41) is 5.74. The molecule has 2 aromatic rings. The van der Waals surface area contributed by atoms with Crippen molar-refractivity contribution in [2.24, 2.45) is 0 Å². The van der Waals surface area contributed by atoms with Gasteiger partial charge < -0.3 is 5.32 Å². The molecule has 0 aliphatic rings. The van der Waals surface area contributed by atoms with Gasteiger partial charge in [0.15, 0.2) is 0 Å². The highest BCUT2D eigenvalue weighted by Crippen LogP contribution is 2.28. The number of aryl methyl sites for hydroxylation is 3. The second kappa shape index (κ2) is 5.63. The van der Waals surface area contributed by atoms with E-state index in [1.165, 1.54) is 16.0 Å². The lowest BCUT2D eigenvalue weighted by Gasteiger charge is -2.19. The van der Waals surface area contributed by atoms with Crippen LogP contribution in [-0.2, 0) is 0 Å². The van der Waals surface area contributed by atoms with Crippen molar-refractivity contribution in [3.05, 3.63) is 51.0 Å². The molecule has 96 valence electrons. The van der Waals surface area contributed by atoms with Gasteiger partial charge in [0.05, 0.1) is 6.04 Å². The third-order valence-corrected chi connectivity index (χ3v) is 3.92. The SMILES string of the molecule is CCNC(c1cc(C)nc(C)c1)c1ccsc1C. The van der Waals surface area contributed by atoms with Gasteiger partial charge in [0.25, 0.3) is 0 Å². The zero-order valence-corrected chi connectivity index (χ0v) is 12.3. The molecule has 0 aliphatic carbocycles. The van der Waals surface area contributed by atoms with Crippen molar-refractivity contribution in [2.45, 2.75) is 33.7 Å². The van der Waals surface area contributed by atoms with Crippen LogP contribution in [0.3, 0.4) is 0 Å². The van der Waals surface area contributed by atoms with Crippen LogP contribution in [0.5, 0.6) is 0 Å². The van der Waals surface area contributed by atoms with Crippen LogP contribution in [0, 0.1) is 20.8 Å². The van der Waals surface area contributed by atoms with Crippen molar-refractivity contribution in [3.63, 3.8) is 0 Å². The standard InChI is InChI=1S/C15H20N2S/c1-5-16-15(14-6-7-18-12(14)4)13-8-10(2)17-11(3)9-13/h6-9,15-16H,5H2,1-4H3. The smallest absolute Gasteiger partial charge is 0.0588 e. The monoisotopic (exact) mass is 260 g/mol. The van der Waals surface area contributed by atoms with Crippen LogP contribution in [0.2, 0.25) is 0 Å². The van der Waals surface area contributed by atoms with Gasteiger partial charge in [-0.1, -0.05) is 6.92 Å². The molecule has 0 radical (unpaired) electrons. The van der Waals surface area contributed by atoms with Gasteiger partial charge in [0, 0.05) is 16.3 Å². The Morgan fingerprint density at radius 2 is 1.89 bits per heavy atom. The number of hydrogen-bond donors (Lipinski definition) is 1. The van der Waals surface area contributed by atoms with Gasteiger partial charge >= 0.3 is 0 Å². The first kappa shape index (κ1) is 13.2. The van der Waals surface area contributed by atoms with Crippen molar-refractivity contribution >= 4 is 11.3 Å². The third kappa shape index (κ3) is 2.79. The largest absolute Gasteiger partial charge is 0.306 e. The van der Waals surface area contributed by atoms with Gasteiger partial charge in [-0.3, -0.25) is 4.98 Å². The zero-order chi connectivity index (χ0) is 13.1. The summed E-state index contributed by atoms with van der Waals surface area (Å²) >= 11 is 1.81. The minimum Gasteiger partial charge on any atom is -0.306 e. The summed E-state index contributed by atoms with van der Waals surface area (Å²) in [5.41, 5.74) is 4.86.